The van der Waals surface area contributed by atoms with Crippen LogP contribution in [0.4, 0.5) is 4.79 Å². The second-order valence-corrected chi connectivity index (χ2v) is 3.23. The van der Waals surface area contributed by atoms with Crippen LogP contribution in [0.1, 0.15) is 0 Å². The number of rotatable bonds is 4. The van der Waals surface area contributed by atoms with Crippen LogP contribution in [0.25, 0.3) is 0 Å². The standard InChI is InChI=1S/C7H12INO4/c1-11-2-3-12-7(10)9-4-6(5-9)13-8/h6H,2-5H2,1H3. The lowest BCUT2D eigenvalue weighted by molar-refractivity contribution is 0.0195. The van der Waals surface area contributed by atoms with Gasteiger partial charge in [0, 0.05) is 7.11 Å². The van der Waals surface area contributed by atoms with E-state index in [1.165, 1.54) is 0 Å². The number of ether oxygens (including phenoxy) is 2. The maximum absolute atomic E-state index is 11.2. The molecule has 1 rings (SSSR count). The Labute approximate surface area is 91.0 Å². The van der Waals surface area contributed by atoms with Crippen molar-refractivity contribution < 1.29 is 17.3 Å². The van der Waals surface area contributed by atoms with E-state index in [-0.39, 0.29) is 12.2 Å². The van der Waals surface area contributed by atoms with Crippen LogP contribution >= 0.6 is 23.0 Å². The summed E-state index contributed by atoms with van der Waals surface area (Å²) in [6.45, 7) is 1.98. The number of likely N-dealkylation sites (tertiary alicyclic amines) is 1. The third kappa shape index (κ3) is 3.28. The Balaban J connectivity index is 2.05. The van der Waals surface area contributed by atoms with E-state index >= 15 is 0 Å². The van der Waals surface area contributed by atoms with E-state index in [2.05, 4.69) is 0 Å². The zero-order valence-corrected chi connectivity index (χ0v) is 9.52. The fourth-order valence-electron chi connectivity index (χ4n) is 0.947. The largest absolute Gasteiger partial charge is 0.447 e. The van der Waals surface area contributed by atoms with Gasteiger partial charge in [0.1, 0.15) is 35.7 Å². The van der Waals surface area contributed by atoms with E-state index < -0.39 is 0 Å². The average molecular weight is 301 g/mol. The van der Waals surface area contributed by atoms with Crippen LogP contribution in [-0.2, 0) is 12.5 Å². The molecule has 76 valence electrons. The molecule has 0 spiro atoms. The van der Waals surface area contributed by atoms with Crippen LogP contribution in [0, 0.1) is 0 Å². The summed E-state index contributed by atoms with van der Waals surface area (Å²) in [6, 6.07) is 0. The molecule has 1 saturated heterocycles. The summed E-state index contributed by atoms with van der Waals surface area (Å²) in [4.78, 5) is 12.7. The van der Waals surface area contributed by atoms with Crippen molar-refractivity contribution >= 4 is 29.1 Å². The van der Waals surface area contributed by atoms with Gasteiger partial charge in [-0.25, -0.2) is 4.79 Å². The molecule has 0 aromatic heterocycles. The van der Waals surface area contributed by atoms with E-state index in [0.29, 0.717) is 26.3 Å². The van der Waals surface area contributed by atoms with Crippen molar-refractivity contribution in [2.24, 2.45) is 0 Å². The van der Waals surface area contributed by atoms with Crippen LogP contribution in [0.2, 0.25) is 0 Å². The molecular formula is C7H12INO4. The Morgan fingerprint density at radius 2 is 2.23 bits per heavy atom. The highest BCUT2D eigenvalue weighted by molar-refractivity contribution is 14.1. The van der Waals surface area contributed by atoms with Crippen molar-refractivity contribution in [3.8, 4) is 0 Å². The molecule has 0 aromatic carbocycles. The van der Waals surface area contributed by atoms with Crippen molar-refractivity contribution in [2.75, 3.05) is 33.4 Å². The summed E-state index contributed by atoms with van der Waals surface area (Å²) < 4.78 is 14.6. The SMILES string of the molecule is COCCOC(=O)N1CC(OI)C1. The summed E-state index contributed by atoms with van der Waals surface area (Å²) in [7, 11) is 1.57. The molecule has 0 unspecified atom stereocenters. The van der Waals surface area contributed by atoms with Gasteiger partial charge < -0.3 is 17.4 Å². The van der Waals surface area contributed by atoms with Crippen LogP contribution < -0.4 is 0 Å². The molecule has 0 aromatic rings. The van der Waals surface area contributed by atoms with Crippen LogP contribution in [0.15, 0.2) is 0 Å². The Bertz CT molecular complexity index is 172. The van der Waals surface area contributed by atoms with Gasteiger partial charge in [0.25, 0.3) is 0 Å². The second kappa shape index (κ2) is 5.61. The molecule has 0 bridgehead atoms. The van der Waals surface area contributed by atoms with Gasteiger partial charge in [0.15, 0.2) is 0 Å². The lowest BCUT2D eigenvalue weighted by Crippen LogP contribution is -2.54. The van der Waals surface area contributed by atoms with Crippen LogP contribution in [-0.4, -0.2) is 50.5 Å². The van der Waals surface area contributed by atoms with E-state index in [4.69, 9.17) is 12.5 Å². The number of hydrogen-bond acceptors (Lipinski definition) is 4. The normalized spacial score (nSPS) is 16.9. The highest BCUT2D eigenvalue weighted by Gasteiger charge is 2.31. The Kier molecular flexibility index (Phi) is 4.74. The third-order valence-corrected chi connectivity index (χ3v) is 2.46. The zero-order chi connectivity index (χ0) is 9.68. The molecule has 0 radical (unpaired) electrons. The van der Waals surface area contributed by atoms with E-state index in [1.54, 1.807) is 12.0 Å². The lowest BCUT2D eigenvalue weighted by atomic mass is 10.2. The fraction of sp³-hybridized carbons (Fsp3) is 0.857. The van der Waals surface area contributed by atoms with Gasteiger partial charge in [-0.3, -0.25) is 0 Å². The molecule has 13 heavy (non-hydrogen) atoms. The third-order valence-electron chi connectivity index (χ3n) is 1.75. The molecular weight excluding hydrogens is 289 g/mol. The van der Waals surface area contributed by atoms with Crippen molar-refractivity contribution in [3.05, 3.63) is 0 Å². The first-order valence-electron chi connectivity index (χ1n) is 3.96. The van der Waals surface area contributed by atoms with Crippen LogP contribution in [0.3, 0.4) is 0 Å². The Hall–Kier alpha value is -0.0800. The van der Waals surface area contributed by atoms with E-state index in [0.717, 1.165) is 0 Å². The van der Waals surface area contributed by atoms with Crippen molar-refractivity contribution in [2.45, 2.75) is 6.10 Å². The summed E-state index contributed by atoms with van der Waals surface area (Å²) in [5.74, 6) is 0. The quantitative estimate of drug-likeness (QED) is 0.570. The molecule has 1 aliphatic rings. The molecule has 0 N–H and O–H groups in total. The Morgan fingerprint density at radius 1 is 1.54 bits per heavy atom. The molecule has 0 saturated carbocycles. The molecule has 5 nitrogen and oxygen atoms in total. The first-order chi connectivity index (χ1) is 6.27. The molecule has 0 atom stereocenters. The number of hydrogen-bond donors (Lipinski definition) is 0. The highest BCUT2D eigenvalue weighted by Crippen LogP contribution is 2.14. The minimum atomic E-state index is -0.290. The monoisotopic (exact) mass is 301 g/mol. The predicted molar refractivity (Wildman–Crippen MR) is 53.7 cm³/mol. The van der Waals surface area contributed by atoms with Gasteiger partial charge in [-0.1, -0.05) is 0 Å². The van der Waals surface area contributed by atoms with Gasteiger partial charge in [-0.05, 0) is 0 Å². The average Bonchev–Trinajstić information content (AvgIpc) is 2.03. The second-order valence-electron chi connectivity index (χ2n) is 2.72. The maximum Gasteiger partial charge on any atom is 0.410 e. The predicted octanol–water partition coefficient (Wildman–Crippen LogP) is 0.820. The minimum Gasteiger partial charge on any atom is -0.447 e. The summed E-state index contributed by atoms with van der Waals surface area (Å²) >= 11 is 1.83. The summed E-state index contributed by atoms with van der Waals surface area (Å²) in [5.41, 5.74) is 0. The topological polar surface area (TPSA) is 48.0 Å². The van der Waals surface area contributed by atoms with Gasteiger partial charge in [0.2, 0.25) is 0 Å². The number of nitrogens with zero attached hydrogens (tertiary/aromatic N) is 1. The molecule has 6 heteroatoms. The maximum atomic E-state index is 11.2. The first kappa shape index (κ1) is 11.0. The molecule has 0 aliphatic carbocycles. The van der Waals surface area contributed by atoms with E-state index in [1.807, 2.05) is 23.0 Å². The number of carbonyl (C=O) groups is 1. The molecule has 1 fully saturated rings. The van der Waals surface area contributed by atoms with Crippen molar-refractivity contribution in [1.82, 2.24) is 4.90 Å². The van der Waals surface area contributed by atoms with Gasteiger partial charge >= 0.3 is 6.09 Å². The zero-order valence-electron chi connectivity index (χ0n) is 7.36. The smallest absolute Gasteiger partial charge is 0.410 e. The number of amides is 1. The van der Waals surface area contributed by atoms with Gasteiger partial charge in [-0.2, -0.15) is 0 Å². The Morgan fingerprint density at radius 3 is 2.77 bits per heavy atom. The lowest BCUT2D eigenvalue weighted by Gasteiger charge is -2.36. The van der Waals surface area contributed by atoms with Gasteiger partial charge in [-0.15, -0.1) is 0 Å². The number of methoxy groups -OCH3 is 1. The number of carbonyl (C=O) groups excluding carboxylic acids is 1. The fourth-order valence-corrected chi connectivity index (χ4v) is 1.27. The molecule has 1 aliphatic heterocycles. The highest BCUT2D eigenvalue weighted by atomic mass is 127. The minimum absolute atomic E-state index is 0.163. The summed E-state index contributed by atoms with van der Waals surface area (Å²) in [6.07, 6.45) is -0.127. The van der Waals surface area contributed by atoms with Gasteiger partial charge in [0.05, 0.1) is 19.7 Å². The molecule has 1 heterocycles. The summed E-state index contributed by atoms with van der Waals surface area (Å²) in [5, 5.41) is 0. The molecule has 1 amide bonds. The van der Waals surface area contributed by atoms with Crippen molar-refractivity contribution in [1.29, 1.82) is 0 Å². The first-order valence-corrected chi connectivity index (χ1v) is 4.84. The van der Waals surface area contributed by atoms with Crippen LogP contribution in [0.5, 0.6) is 0 Å². The number of halogens is 1. The van der Waals surface area contributed by atoms with Crippen molar-refractivity contribution in [3.63, 3.8) is 0 Å². The van der Waals surface area contributed by atoms with E-state index in [9.17, 15) is 4.79 Å².